The number of fused-ring (bicyclic) bond motifs is 1. The summed E-state index contributed by atoms with van der Waals surface area (Å²) in [6.45, 7) is 0.444. The zero-order chi connectivity index (χ0) is 13.2. The molecular formula is C14H12N2O2S. The van der Waals surface area contributed by atoms with Crippen LogP contribution >= 0.6 is 11.3 Å². The van der Waals surface area contributed by atoms with Crippen molar-refractivity contribution in [3.05, 3.63) is 46.7 Å². The van der Waals surface area contributed by atoms with Crippen molar-refractivity contribution >= 4 is 34.4 Å². The van der Waals surface area contributed by atoms with Crippen molar-refractivity contribution in [2.75, 3.05) is 23.3 Å². The van der Waals surface area contributed by atoms with Gasteiger partial charge < -0.3 is 10.2 Å². The highest BCUT2D eigenvalue weighted by molar-refractivity contribution is 7.12. The number of anilines is 2. The molecule has 1 aliphatic heterocycles. The minimum Gasteiger partial charge on any atom is -0.353 e. The molecule has 0 fully saturated rings. The van der Waals surface area contributed by atoms with Gasteiger partial charge in [-0.05, 0) is 23.6 Å². The van der Waals surface area contributed by atoms with Crippen LogP contribution in [-0.4, -0.2) is 24.8 Å². The number of benzene rings is 1. The summed E-state index contributed by atoms with van der Waals surface area (Å²) in [6, 6.07) is 11.2. The summed E-state index contributed by atoms with van der Waals surface area (Å²) in [5.41, 5.74) is 1.66. The van der Waals surface area contributed by atoms with Crippen molar-refractivity contribution in [3.8, 4) is 0 Å². The van der Waals surface area contributed by atoms with Gasteiger partial charge in [-0.2, -0.15) is 0 Å². The number of hydrogen-bond acceptors (Lipinski definition) is 4. The molecule has 2 heterocycles. The Bertz CT molecular complexity index is 622. The molecule has 4 nitrogen and oxygen atoms in total. The number of ketones is 1. The highest BCUT2D eigenvalue weighted by Gasteiger charge is 2.23. The molecule has 0 spiro atoms. The van der Waals surface area contributed by atoms with Crippen LogP contribution < -0.4 is 10.2 Å². The number of carbonyl (C=O) groups excluding carboxylic acids is 2. The molecule has 19 heavy (non-hydrogen) atoms. The van der Waals surface area contributed by atoms with Gasteiger partial charge in [-0.25, -0.2) is 0 Å². The van der Waals surface area contributed by atoms with E-state index in [1.165, 1.54) is 11.3 Å². The predicted molar refractivity (Wildman–Crippen MR) is 75.9 cm³/mol. The molecule has 1 aliphatic rings. The topological polar surface area (TPSA) is 49.4 Å². The van der Waals surface area contributed by atoms with E-state index in [9.17, 15) is 9.59 Å². The first-order valence-corrected chi connectivity index (χ1v) is 6.82. The lowest BCUT2D eigenvalue weighted by molar-refractivity contribution is -0.115. The van der Waals surface area contributed by atoms with Gasteiger partial charge in [0.2, 0.25) is 5.91 Å². The van der Waals surface area contributed by atoms with Crippen molar-refractivity contribution in [1.29, 1.82) is 0 Å². The number of rotatable bonds is 3. The second-order valence-electron chi connectivity index (χ2n) is 4.32. The van der Waals surface area contributed by atoms with E-state index in [0.717, 1.165) is 16.3 Å². The average molecular weight is 272 g/mol. The molecule has 1 N–H and O–H groups in total. The third-order valence-corrected chi connectivity index (χ3v) is 3.89. The average Bonchev–Trinajstić information content (AvgIpc) is 2.92. The van der Waals surface area contributed by atoms with Gasteiger partial charge >= 0.3 is 0 Å². The lowest BCUT2D eigenvalue weighted by Crippen LogP contribution is -2.40. The quantitative estimate of drug-likeness (QED) is 0.873. The van der Waals surface area contributed by atoms with Crippen LogP contribution in [0.15, 0.2) is 41.8 Å². The first kappa shape index (κ1) is 11.9. The first-order valence-electron chi connectivity index (χ1n) is 5.94. The molecule has 0 atom stereocenters. The molecule has 1 aromatic carbocycles. The van der Waals surface area contributed by atoms with Crippen molar-refractivity contribution in [1.82, 2.24) is 0 Å². The zero-order valence-electron chi connectivity index (χ0n) is 10.1. The number of amides is 1. The van der Waals surface area contributed by atoms with Crippen LogP contribution in [0.2, 0.25) is 0 Å². The maximum atomic E-state index is 12.1. The van der Waals surface area contributed by atoms with E-state index < -0.39 is 0 Å². The van der Waals surface area contributed by atoms with Gasteiger partial charge in [-0.3, -0.25) is 9.59 Å². The first-order chi connectivity index (χ1) is 9.24. The normalized spacial score (nSPS) is 13.9. The molecule has 5 heteroatoms. The Balaban J connectivity index is 1.85. The number of thiophene rings is 1. The number of hydrogen-bond donors (Lipinski definition) is 1. The summed E-state index contributed by atoms with van der Waals surface area (Å²) in [5.74, 6) is -0.0443. The van der Waals surface area contributed by atoms with Crippen LogP contribution in [-0.2, 0) is 4.79 Å². The summed E-state index contributed by atoms with van der Waals surface area (Å²) in [4.78, 5) is 26.3. The van der Waals surface area contributed by atoms with Crippen LogP contribution in [0.5, 0.6) is 0 Å². The van der Waals surface area contributed by atoms with E-state index in [0.29, 0.717) is 0 Å². The van der Waals surface area contributed by atoms with Crippen LogP contribution in [0.25, 0.3) is 0 Å². The zero-order valence-corrected chi connectivity index (χ0v) is 10.9. The van der Waals surface area contributed by atoms with Gasteiger partial charge in [0, 0.05) is 0 Å². The monoisotopic (exact) mass is 272 g/mol. The largest absolute Gasteiger partial charge is 0.353 e. The molecule has 3 rings (SSSR count). The molecule has 0 aliphatic carbocycles. The molecule has 1 aromatic heterocycles. The van der Waals surface area contributed by atoms with Gasteiger partial charge in [0.25, 0.3) is 0 Å². The predicted octanol–water partition coefficient (Wildman–Crippen LogP) is 2.39. The Morgan fingerprint density at radius 3 is 2.89 bits per heavy atom. The van der Waals surface area contributed by atoms with Gasteiger partial charge in [0.05, 0.1) is 29.3 Å². The molecule has 96 valence electrons. The van der Waals surface area contributed by atoms with Gasteiger partial charge in [-0.1, -0.05) is 18.2 Å². The number of nitrogens with one attached hydrogen (secondary N) is 1. The molecule has 0 unspecified atom stereocenters. The molecule has 0 saturated carbocycles. The third kappa shape index (κ3) is 2.37. The third-order valence-electron chi connectivity index (χ3n) is 2.98. The Kier molecular flexibility index (Phi) is 3.05. The minimum absolute atomic E-state index is 0.0412. The number of para-hydroxylation sites is 2. The van der Waals surface area contributed by atoms with Gasteiger partial charge in [0.1, 0.15) is 0 Å². The lowest BCUT2D eigenvalue weighted by Gasteiger charge is -2.30. The van der Waals surface area contributed by atoms with Crippen molar-refractivity contribution in [2.24, 2.45) is 0 Å². The van der Waals surface area contributed by atoms with Crippen LogP contribution in [0.4, 0.5) is 11.4 Å². The SMILES string of the molecule is O=C1CN(CC(=O)c2cccs2)c2ccccc2N1. The summed E-state index contributed by atoms with van der Waals surface area (Å²) in [6.07, 6.45) is 0. The molecular weight excluding hydrogens is 260 g/mol. The van der Waals surface area contributed by atoms with Gasteiger partial charge in [-0.15, -0.1) is 11.3 Å². The minimum atomic E-state index is -0.0855. The molecule has 2 aromatic rings. The maximum Gasteiger partial charge on any atom is 0.243 e. The van der Waals surface area contributed by atoms with Crippen molar-refractivity contribution in [3.63, 3.8) is 0 Å². The Morgan fingerprint density at radius 1 is 1.26 bits per heavy atom. The summed E-state index contributed by atoms with van der Waals surface area (Å²) in [7, 11) is 0. The lowest BCUT2D eigenvalue weighted by atomic mass is 10.1. The summed E-state index contributed by atoms with van der Waals surface area (Å²) < 4.78 is 0. The smallest absolute Gasteiger partial charge is 0.243 e. The van der Waals surface area contributed by atoms with E-state index in [2.05, 4.69) is 5.32 Å². The fourth-order valence-electron chi connectivity index (χ4n) is 2.13. The number of nitrogens with zero attached hydrogens (tertiary/aromatic N) is 1. The second kappa shape index (κ2) is 4.85. The Morgan fingerprint density at radius 2 is 2.11 bits per heavy atom. The molecule has 0 bridgehead atoms. The van der Waals surface area contributed by atoms with E-state index >= 15 is 0 Å². The highest BCUT2D eigenvalue weighted by Crippen LogP contribution is 2.29. The number of carbonyl (C=O) groups is 2. The van der Waals surface area contributed by atoms with E-state index in [1.807, 2.05) is 46.7 Å². The number of Topliss-reactive ketones (excluding diaryl/α,β-unsaturated/α-hetero) is 1. The molecule has 1 amide bonds. The maximum absolute atomic E-state index is 12.1. The van der Waals surface area contributed by atoms with Crippen LogP contribution in [0, 0.1) is 0 Å². The van der Waals surface area contributed by atoms with Gasteiger partial charge in [0.15, 0.2) is 5.78 Å². The van der Waals surface area contributed by atoms with Crippen LogP contribution in [0.3, 0.4) is 0 Å². The van der Waals surface area contributed by atoms with E-state index in [4.69, 9.17) is 0 Å². The fourth-order valence-corrected chi connectivity index (χ4v) is 2.79. The summed E-state index contributed by atoms with van der Waals surface area (Å²) in [5, 5.41) is 4.69. The highest BCUT2D eigenvalue weighted by atomic mass is 32.1. The van der Waals surface area contributed by atoms with Crippen molar-refractivity contribution in [2.45, 2.75) is 0 Å². The van der Waals surface area contributed by atoms with E-state index in [1.54, 1.807) is 0 Å². The van der Waals surface area contributed by atoms with E-state index in [-0.39, 0.29) is 24.8 Å². The standard InChI is InChI=1S/C14H12N2O2S/c17-12(13-6-3-7-19-13)8-16-9-14(18)15-10-4-1-2-5-11(10)16/h1-7H,8-9H2,(H,15,18). The molecule has 0 radical (unpaired) electrons. The van der Waals surface area contributed by atoms with Crippen LogP contribution in [0.1, 0.15) is 9.67 Å². The second-order valence-corrected chi connectivity index (χ2v) is 5.27. The fraction of sp³-hybridized carbons (Fsp3) is 0.143. The Labute approximate surface area is 114 Å². The summed E-state index contributed by atoms with van der Waals surface area (Å²) >= 11 is 1.42. The van der Waals surface area contributed by atoms with Crippen molar-refractivity contribution < 1.29 is 9.59 Å². The molecule has 0 saturated heterocycles. The Hall–Kier alpha value is -2.14.